The summed E-state index contributed by atoms with van der Waals surface area (Å²) in [6.45, 7) is 4.98. The maximum atomic E-state index is 12.6. The van der Waals surface area contributed by atoms with Gasteiger partial charge in [0.15, 0.2) is 0 Å². The van der Waals surface area contributed by atoms with E-state index < -0.39 is 18.0 Å². The van der Waals surface area contributed by atoms with Crippen LogP contribution in [0.5, 0.6) is 0 Å². The fourth-order valence-corrected chi connectivity index (χ4v) is 4.74. The van der Waals surface area contributed by atoms with Gasteiger partial charge in [-0.05, 0) is 68.9 Å². The first-order chi connectivity index (χ1) is 18.4. The molecule has 0 bridgehead atoms. The van der Waals surface area contributed by atoms with Crippen LogP contribution in [0.3, 0.4) is 0 Å². The number of likely N-dealkylation sites (tertiary alicyclic amines) is 1. The Morgan fingerprint density at radius 2 is 1.92 bits per heavy atom. The molecule has 0 unspecified atom stereocenters. The molecule has 2 heterocycles. The van der Waals surface area contributed by atoms with Gasteiger partial charge in [-0.3, -0.25) is 4.79 Å². The topological polar surface area (TPSA) is 129 Å². The van der Waals surface area contributed by atoms with Crippen LogP contribution in [-0.4, -0.2) is 87.3 Å². The molecule has 5 amide bonds. The minimum absolute atomic E-state index is 0.0310. The molecule has 1 aromatic rings. The van der Waals surface area contributed by atoms with Crippen molar-refractivity contribution in [3.05, 3.63) is 41.1 Å². The van der Waals surface area contributed by atoms with E-state index in [0.717, 1.165) is 55.9 Å². The number of carbonyl (C=O) groups excluding carboxylic acids is 4. The fourth-order valence-electron chi connectivity index (χ4n) is 4.74. The van der Waals surface area contributed by atoms with Crippen LogP contribution < -0.4 is 16.0 Å². The number of imide groups is 1. The number of benzene rings is 1. The number of hydrogen-bond acceptors (Lipinski definition) is 7. The lowest BCUT2D eigenvalue weighted by Crippen LogP contribution is -2.54. The Hall–Kier alpha value is -3.44. The largest absolute Gasteiger partial charge is 0.466 e. The number of carbonyl (C=O) groups is 4. The van der Waals surface area contributed by atoms with Crippen molar-refractivity contribution in [2.24, 2.45) is 0 Å². The second kappa shape index (κ2) is 14.5. The van der Waals surface area contributed by atoms with E-state index in [-0.39, 0.29) is 24.6 Å². The van der Waals surface area contributed by atoms with Crippen LogP contribution in [0.2, 0.25) is 0 Å². The number of piperidine rings is 1. The molecule has 38 heavy (non-hydrogen) atoms. The highest BCUT2D eigenvalue weighted by Crippen LogP contribution is 2.29. The van der Waals surface area contributed by atoms with Gasteiger partial charge in [-0.15, -0.1) is 0 Å². The van der Waals surface area contributed by atoms with E-state index in [2.05, 4.69) is 33.0 Å². The molecule has 0 atom stereocenters. The van der Waals surface area contributed by atoms with Gasteiger partial charge in [-0.2, -0.15) is 0 Å². The van der Waals surface area contributed by atoms with Crippen molar-refractivity contribution < 1.29 is 28.7 Å². The van der Waals surface area contributed by atoms with Gasteiger partial charge in [0.05, 0.1) is 31.5 Å². The van der Waals surface area contributed by atoms with Crippen LogP contribution in [0.4, 0.5) is 15.3 Å². The molecular weight excluding hydrogens is 490 g/mol. The van der Waals surface area contributed by atoms with Crippen LogP contribution in [0.15, 0.2) is 35.5 Å². The maximum Gasteiger partial charge on any atom is 0.337 e. The van der Waals surface area contributed by atoms with Gasteiger partial charge in [0, 0.05) is 25.8 Å². The Kier molecular flexibility index (Phi) is 11.1. The number of urea groups is 2. The minimum atomic E-state index is -0.619. The molecule has 3 rings (SSSR count). The molecular formula is C27H39N5O6. The number of ether oxygens (including phenoxy) is 2. The van der Waals surface area contributed by atoms with E-state index in [1.165, 1.54) is 19.8 Å². The minimum Gasteiger partial charge on any atom is -0.466 e. The number of nitrogens with zero attached hydrogens (tertiary/aromatic N) is 2. The zero-order valence-corrected chi connectivity index (χ0v) is 22.5. The number of nitrogens with one attached hydrogen (secondary N) is 3. The summed E-state index contributed by atoms with van der Waals surface area (Å²) >= 11 is 0. The van der Waals surface area contributed by atoms with Gasteiger partial charge in [0.25, 0.3) is 0 Å². The molecule has 1 saturated heterocycles. The Bertz CT molecular complexity index is 1030. The predicted octanol–water partition coefficient (Wildman–Crippen LogP) is 2.80. The van der Waals surface area contributed by atoms with Crippen molar-refractivity contribution in [3.63, 3.8) is 0 Å². The molecule has 1 fully saturated rings. The Morgan fingerprint density at radius 3 is 2.61 bits per heavy atom. The normalized spacial score (nSPS) is 16.7. The maximum absolute atomic E-state index is 12.6. The summed E-state index contributed by atoms with van der Waals surface area (Å²) in [7, 11) is 2.69. The first-order valence-corrected chi connectivity index (χ1v) is 13.1. The van der Waals surface area contributed by atoms with Crippen molar-refractivity contribution in [2.75, 3.05) is 58.9 Å². The first-order valence-electron chi connectivity index (χ1n) is 13.1. The van der Waals surface area contributed by atoms with Gasteiger partial charge in [0.1, 0.15) is 0 Å². The molecule has 0 aliphatic carbocycles. The van der Waals surface area contributed by atoms with Gasteiger partial charge < -0.3 is 30.3 Å². The summed E-state index contributed by atoms with van der Waals surface area (Å²) in [5.41, 5.74) is 2.58. The third-order valence-electron chi connectivity index (χ3n) is 6.78. The van der Waals surface area contributed by atoms with E-state index >= 15 is 0 Å². The van der Waals surface area contributed by atoms with Gasteiger partial charge in [-0.1, -0.05) is 19.1 Å². The van der Waals surface area contributed by atoms with Crippen molar-refractivity contribution in [2.45, 2.75) is 44.9 Å². The van der Waals surface area contributed by atoms with Crippen LogP contribution in [0.1, 0.15) is 50.5 Å². The van der Waals surface area contributed by atoms with E-state index in [1.54, 1.807) is 0 Å². The number of methoxy groups -OCH3 is 2. The van der Waals surface area contributed by atoms with E-state index in [1.807, 2.05) is 19.1 Å². The van der Waals surface area contributed by atoms with Crippen molar-refractivity contribution in [3.8, 4) is 0 Å². The quantitative estimate of drug-likeness (QED) is 0.297. The van der Waals surface area contributed by atoms with Crippen LogP contribution >= 0.6 is 0 Å². The predicted molar refractivity (Wildman–Crippen MR) is 143 cm³/mol. The highest BCUT2D eigenvalue weighted by molar-refractivity contribution is 6.00. The zero-order chi connectivity index (χ0) is 27.5. The standard InChI is InChI=1S/C27H39N5O6/c1-4-7-24(33)29-21-9-5-8-20(16-21)19-10-14-31(15-11-19)13-6-12-28-26(35)32-17-22(25(34)38-3)23(18-37-2)30-27(32)36/h5,8-9,16,19H,4,6-7,10-15,17-18H2,1-3H3,(H,28,35)(H,29,33)(H,30,36). The summed E-state index contributed by atoms with van der Waals surface area (Å²) in [6.07, 6.45) is 4.14. The smallest absolute Gasteiger partial charge is 0.337 e. The summed E-state index contributed by atoms with van der Waals surface area (Å²) in [6, 6.07) is 6.96. The summed E-state index contributed by atoms with van der Waals surface area (Å²) in [5.74, 6) is -0.124. The average Bonchev–Trinajstić information content (AvgIpc) is 2.91. The highest BCUT2D eigenvalue weighted by Gasteiger charge is 2.33. The zero-order valence-electron chi connectivity index (χ0n) is 22.5. The second-order valence-electron chi connectivity index (χ2n) is 9.52. The fraction of sp³-hybridized carbons (Fsp3) is 0.556. The summed E-state index contributed by atoms with van der Waals surface area (Å²) in [4.78, 5) is 52.3. The first kappa shape index (κ1) is 29.1. The molecule has 0 spiro atoms. The SMILES string of the molecule is CCCC(=O)Nc1cccc(C2CCN(CCCNC(=O)N3CC(C(=O)OC)=C(COC)NC3=O)CC2)c1. The van der Waals surface area contributed by atoms with Gasteiger partial charge in [-0.25, -0.2) is 19.3 Å². The lowest BCUT2D eigenvalue weighted by atomic mass is 9.89. The molecule has 1 aromatic carbocycles. The van der Waals surface area contributed by atoms with E-state index in [0.29, 0.717) is 24.6 Å². The molecule has 11 nitrogen and oxygen atoms in total. The second-order valence-corrected chi connectivity index (χ2v) is 9.52. The monoisotopic (exact) mass is 529 g/mol. The third kappa shape index (κ3) is 8.03. The number of rotatable bonds is 11. The van der Waals surface area contributed by atoms with Crippen molar-refractivity contribution >= 4 is 29.6 Å². The van der Waals surface area contributed by atoms with Gasteiger partial charge >= 0.3 is 18.0 Å². The summed E-state index contributed by atoms with van der Waals surface area (Å²) < 4.78 is 9.80. The lowest BCUT2D eigenvalue weighted by Gasteiger charge is -2.32. The molecule has 3 N–H and O–H groups in total. The highest BCUT2D eigenvalue weighted by atomic mass is 16.5. The Labute approximate surface area is 223 Å². The summed E-state index contributed by atoms with van der Waals surface area (Å²) in [5, 5.41) is 8.29. The van der Waals surface area contributed by atoms with Crippen LogP contribution in [0.25, 0.3) is 0 Å². The molecule has 2 aliphatic heterocycles. The lowest BCUT2D eigenvalue weighted by molar-refractivity contribution is -0.136. The van der Waals surface area contributed by atoms with Gasteiger partial charge in [0.2, 0.25) is 5.91 Å². The van der Waals surface area contributed by atoms with E-state index in [4.69, 9.17) is 9.47 Å². The van der Waals surface area contributed by atoms with Crippen molar-refractivity contribution in [1.29, 1.82) is 0 Å². The van der Waals surface area contributed by atoms with Crippen LogP contribution in [0, 0.1) is 0 Å². The molecule has 0 radical (unpaired) electrons. The molecule has 11 heteroatoms. The number of esters is 1. The van der Waals surface area contributed by atoms with Crippen molar-refractivity contribution in [1.82, 2.24) is 20.4 Å². The Morgan fingerprint density at radius 1 is 1.16 bits per heavy atom. The molecule has 0 aromatic heterocycles. The average molecular weight is 530 g/mol. The van der Waals surface area contributed by atoms with Crippen LogP contribution in [-0.2, 0) is 19.1 Å². The number of amides is 5. The third-order valence-corrected chi connectivity index (χ3v) is 6.78. The number of hydrogen-bond donors (Lipinski definition) is 3. The number of anilines is 1. The molecule has 2 aliphatic rings. The Balaban J connectivity index is 1.41. The molecule has 208 valence electrons. The molecule has 0 saturated carbocycles. The van der Waals surface area contributed by atoms with E-state index in [9.17, 15) is 19.2 Å².